The highest BCUT2D eigenvalue weighted by Crippen LogP contribution is 2.31. The van der Waals surface area contributed by atoms with Crippen molar-refractivity contribution >= 4 is 39.7 Å². The van der Waals surface area contributed by atoms with Crippen molar-refractivity contribution in [1.29, 1.82) is 0 Å². The molecule has 0 N–H and O–H groups in total. The van der Waals surface area contributed by atoms with Gasteiger partial charge in [0.25, 0.3) is 17.2 Å². The number of benzene rings is 2. The van der Waals surface area contributed by atoms with E-state index in [1.54, 1.807) is 48.2 Å². The topological polar surface area (TPSA) is 102 Å². The summed E-state index contributed by atoms with van der Waals surface area (Å²) >= 11 is 5.91. The zero-order chi connectivity index (χ0) is 22.1. The summed E-state index contributed by atoms with van der Waals surface area (Å²) in [4.78, 5) is 40.3. The normalized spacial score (nSPS) is 14.1. The van der Waals surface area contributed by atoms with E-state index in [-0.39, 0.29) is 22.8 Å². The molecule has 1 aliphatic heterocycles. The third kappa shape index (κ3) is 3.84. The van der Waals surface area contributed by atoms with Crippen LogP contribution in [0.3, 0.4) is 0 Å². The lowest BCUT2D eigenvalue weighted by Crippen LogP contribution is -2.49. The molecule has 1 amide bonds. The number of piperazine rings is 1. The molecule has 1 aliphatic rings. The van der Waals surface area contributed by atoms with E-state index in [1.165, 1.54) is 10.7 Å². The third-order valence-electron chi connectivity index (χ3n) is 5.41. The van der Waals surface area contributed by atoms with Crippen molar-refractivity contribution in [3.8, 4) is 0 Å². The molecule has 1 fully saturated rings. The molecule has 0 spiro atoms. The molecule has 0 aliphatic carbocycles. The van der Waals surface area contributed by atoms with Crippen LogP contribution < -0.4 is 10.5 Å². The van der Waals surface area contributed by atoms with Crippen LogP contribution in [0.15, 0.2) is 47.3 Å². The number of halogens is 1. The lowest BCUT2D eigenvalue weighted by atomic mass is 10.1. The number of hydrogen-bond acceptors (Lipinski definition) is 6. The predicted molar refractivity (Wildman–Crippen MR) is 118 cm³/mol. The molecule has 1 aromatic heterocycles. The number of anilines is 1. The highest BCUT2D eigenvalue weighted by molar-refractivity contribution is 6.30. The van der Waals surface area contributed by atoms with Crippen molar-refractivity contribution in [3.05, 3.63) is 73.6 Å². The summed E-state index contributed by atoms with van der Waals surface area (Å²) < 4.78 is 1.29. The van der Waals surface area contributed by atoms with Gasteiger partial charge in [-0.2, -0.15) is 5.10 Å². The Hall–Kier alpha value is -3.46. The number of carbonyl (C=O) groups is 1. The van der Waals surface area contributed by atoms with Crippen LogP contribution in [0.2, 0.25) is 5.02 Å². The van der Waals surface area contributed by atoms with Gasteiger partial charge in [-0.1, -0.05) is 29.8 Å². The summed E-state index contributed by atoms with van der Waals surface area (Å²) in [6.45, 7) is 3.77. The zero-order valence-corrected chi connectivity index (χ0v) is 17.6. The maximum Gasteiger partial charge on any atom is 0.294 e. The van der Waals surface area contributed by atoms with Gasteiger partial charge in [0, 0.05) is 49.2 Å². The third-order valence-corrected chi connectivity index (χ3v) is 5.65. The fraction of sp³-hybridized carbons (Fsp3) is 0.286. The Balaban J connectivity index is 1.60. The molecule has 9 nitrogen and oxygen atoms in total. The lowest BCUT2D eigenvalue weighted by molar-refractivity contribution is -0.384. The summed E-state index contributed by atoms with van der Waals surface area (Å²) in [5, 5.41) is 17.0. The molecule has 31 heavy (non-hydrogen) atoms. The number of hydrogen-bond donors (Lipinski definition) is 0. The van der Waals surface area contributed by atoms with Crippen molar-refractivity contribution in [2.75, 3.05) is 31.1 Å². The van der Waals surface area contributed by atoms with Gasteiger partial charge in [0.1, 0.15) is 5.69 Å². The summed E-state index contributed by atoms with van der Waals surface area (Å²) in [7, 11) is 0. The van der Waals surface area contributed by atoms with Crippen LogP contribution in [0, 0.1) is 10.1 Å². The van der Waals surface area contributed by atoms with Gasteiger partial charge < -0.3 is 9.80 Å². The number of aromatic nitrogens is 2. The number of nitrogens with zero attached hydrogens (tertiary/aromatic N) is 5. The molecule has 2 heterocycles. The van der Waals surface area contributed by atoms with Crippen LogP contribution in [-0.4, -0.2) is 51.7 Å². The standard InChI is InChI=1S/C21H20ClN5O4/c1-2-26-20(28)16-6-4-3-5-15(16)19(23-26)21(29)25-11-9-24(10-12-25)17-8-7-14(22)13-18(17)27(30)31/h3-8,13H,2,9-12H2,1H3. The smallest absolute Gasteiger partial charge is 0.294 e. The molecule has 0 atom stereocenters. The van der Waals surface area contributed by atoms with E-state index in [4.69, 9.17) is 11.6 Å². The number of amides is 1. The van der Waals surface area contributed by atoms with Gasteiger partial charge in [-0.15, -0.1) is 0 Å². The Morgan fingerprint density at radius 1 is 1.13 bits per heavy atom. The second-order valence-corrected chi connectivity index (χ2v) is 7.62. The minimum Gasteiger partial charge on any atom is -0.362 e. The molecular weight excluding hydrogens is 422 g/mol. The fourth-order valence-electron chi connectivity index (χ4n) is 3.82. The van der Waals surface area contributed by atoms with E-state index < -0.39 is 4.92 Å². The zero-order valence-electron chi connectivity index (χ0n) is 16.8. The number of nitro groups is 1. The minimum atomic E-state index is -0.456. The van der Waals surface area contributed by atoms with Gasteiger partial charge in [-0.3, -0.25) is 19.7 Å². The summed E-state index contributed by atoms with van der Waals surface area (Å²) in [5.74, 6) is -0.261. The number of fused-ring (bicyclic) bond motifs is 1. The van der Waals surface area contributed by atoms with Crippen LogP contribution in [0.25, 0.3) is 10.8 Å². The van der Waals surface area contributed by atoms with Gasteiger partial charge in [-0.25, -0.2) is 4.68 Å². The average molecular weight is 442 g/mol. The van der Waals surface area contributed by atoms with Gasteiger partial charge in [0.2, 0.25) is 0 Å². The van der Waals surface area contributed by atoms with Crippen LogP contribution >= 0.6 is 11.6 Å². The largest absolute Gasteiger partial charge is 0.362 e. The first kappa shape index (κ1) is 20.8. The maximum atomic E-state index is 13.3. The molecule has 4 rings (SSSR count). The second kappa shape index (κ2) is 8.35. The van der Waals surface area contributed by atoms with Crippen molar-refractivity contribution in [2.45, 2.75) is 13.5 Å². The van der Waals surface area contributed by atoms with E-state index in [0.29, 0.717) is 54.2 Å². The first-order chi connectivity index (χ1) is 14.9. The molecular formula is C21H20ClN5O4. The second-order valence-electron chi connectivity index (χ2n) is 7.18. The van der Waals surface area contributed by atoms with E-state index in [0.717, 1.165) is 0 Å². The molecule has 0 unspecified atom stereocenters. The Kier molecular flexibility index (Phi) is 5.60. The fourth-order valence-corrected chi connectivity index (χ4v) is 3.98. The van der Waals surface area contributed by atoms with Crippen molar-refractivity contribution in [1.82, 2.24) is 14.7 Å². The van der Waals surface area contributed by atoms with Crippen molar-refractivity contribution < 1.29 is 9.72 Å². The molecule has 160 valence electrons. The molecule has 0 radical (unpaired) electrons. The molecule has 2 aromatic carbocycles. The number of rotatable bonds is 4. The van der Waals surface area contributed by atoms with Crippen molar-refractivity contribution in [3.63, 3.8) is 0 Å². The molecule has 0 bridgehead atoms. The van der Waals surface area contributed by atoms with E-state index >= 15 is 0 Å². The number of nitro benzene ring substituents is 1. The highest BCUT2D eigenvalue weighted by Gasteiger charge is 2.28. The Bertz CT molecular complexity index is 1230. The van der Waals surface area contributed by atoms with E-state index in [9.17, 15) is 19.7 Å². The Labute approximate surface area is 182 Å². The van der Waals surface area contributed by atoms with E-state index in [1.807, 2.05) is 4.90 Å². The van der Waals surface area contributed by atoms with Crippen LogP contribution in [0.1, 0.15) is 17.4 Å². The Morgan fingerprint density at radius 2 is 1.81 bits per heavy atom. The SMILES string of the molecule is CCn1nc(C(=O)N2CCN(c3ccc(Cl)cc3[N+](=O)[O-])CC2)c2ccccc2c1=O. The monoisotopic (exact) mass is 441 g/mol. The van der Waals surface area contributed by atoms with Crippen molar-refractivity contribution in [2.24, 2.45) is 0 Å². The summed E-state index contributed by atoms with van der Waals surface area (Å²) in [6.07, 6.45) is 0. The van der Waals surface area contributed by atoms with Gasteiger partial charge in [0.05, 0.1) is 10.3 Å². The first-order valence-electron chi connectivity index (χ1n) is 9.88. The molecule has 1 saturated heterocycles. The minimum absolute atomic E-state index is 0.0602. The lowest BCUT2D eigenvalue weighted by Gasteiger charge is -2.35. The average Bonchev–Trinajstić information content (AvgIpc) is 2.79. The van der Waals surface area contributed by atoms with E-state index in [2.05, 4.69) is 5.10 Å². The maximum absolute atomic E-state index is 13.3. The molecule has 3 aromatic rings. The molecule has 0 saturated carbocycles. The Morgan fingerprint density at radius 3 is 2.45 bits per heavy atom. The quantitative estimate of drug-likeness (QED) is 0.455. The molecule has 10 heteroatoms. The summed E-state index contributed by atoms with van der Waals surface area (Å²) in [5.41, 5.74) is 0.428. The summed E-state index contributed by atoms with van der Waals surface area (Å²) in [6, 6.07) is 11.5. The first-order valence-corrected chi connectivity index (χ1v) is 10.3. The van der Waals surface area contributed by atoms with Gasteiger partial charge in [-0.05, 0) is 25.1 Å². The predicted octanol–water partition coefficient (Wildman–Crippen LogP) is 2.94. The van der Waals surface area contributed by atoms with Crippen LogP contribution in [-0.2, 0) is 6.54 Å². The van der Waals surface area contributed by atoms with Gasteiger partial charge >= 0.3 is 0 Å². The van der Waals surface area contributed by atoms with Gasteiger partial charge in [0.15, 0.2) is 5.69 Å². The van der Waals surface area contributed by atoms with Crippen LogP contribution in [0.4, 0.5) is 11.4 Å². The highest BCUT2D eigenvalue weighted by atomic mass is 35.5. The number of aryl methyl sites for hydroxylation is 1. The number of carbonyl (C=O) groups excluding carboxylic acids is 1. The van der Waals surface area contributed by atoms with Crippen LogP contribution in [0.5, 0.6) is 0 Å².